The number of carbonyl (C=O) groups excluding carboxylic acids is 1. The van der Waals surface area contributed by atoms with E-state index in [0.717, 1.165) is 64.5 Å². The molecule has 2 aliphatic carbocycles. The number of rotatable bonds is 5. The number of carboxylic acid groups (broad SMARTS) is 1. The maximum atomic E-state index is 13.3. The van der Waals surface area contributed by atoms with Gasteiger partial charge in [-0.1, -0.05) is 13.3 Å². The number of nitrogens with zero attached hydrogens (tertiary/aromatic N) is 2. The lowest BCUT2D eigenvalue weighted by Gasteiger charge is -2.58. The van der Waals surface area contributed by atoms with E-state index in [9.17, 15) is 19.1 Å². The van der Waals surface area contributed by atoms with Gasteiger partial charge in [0.05, 0.1) is 5.54 Å². The predicted molar refractivity (Wildman–Crippen MR) is 104 cm³/mol. The van der Waals surface area contributed by atoms with Crippen LogP contribution in [0.2, 0.25) is 0 Å². The van der Waals surface area contributed by atoms with Crippen molar-refractivity contribution in [3.63, 3.8) is 0 Å². The molecule has 4 fully saturated rings. The first kappa shape index (κ1) is 19.9. The van der Waals surface area contributed by atoms with Gasteiger partial charge in [0.15, 0.2) is 0 Å². The molecule has 1 spiro atoms. The van der Waals surface area contributed by atoms with Gasteiger partial charge in [0.2, 0.25) is 5.91 Å². The molecule has 6 nitrogen and oxygen atoms in total. The topological polar surface area (TPSA) is 72.9 Å². The highest BCUT2D eigenvalue weighted by atomic mass is 19.1. The third kappa shape index (κ3) is 3.29. The largest absolute Gasteiger partial charge is 0.465 e. The molecule has 1 unspecified atom stereocenters. The lowest BCUT2D eigenvalue weighted by molar-refractivity contribution is -0.132. The highest BCUT2D eigenvalue weighted by Gasteiger charge is 2.58. The van der Waals surface area contributed by atoms with Crippen molar-refractivity contribution in [3.05, 3.63) is 0 Å². The lowest BCUT2D eigenvalue weighted by Crippen LogP contribution is -2.62. The Morgan fingerprint density at radius 1 is 1.18 bits per heavy atom. The Kier molecular flexibility index (Phi) is 5.31. The van der Waals surface area contributed by atoms with Crippen molar-refractivity contribution in [3.8, 4) is 0 Å². The zero-order chi connectivity index (χ0) is 19.9. The number of nitrogens with one attached hydrogen (secondary N) is 1. The Hall–Kier alpha value is -1.37. The van der Waals surface area contributed by atoms with Crippen molar-refractivity contribution >= 4 is 12.0 Å². The summed E-state index contributed by atoms with van der Waals surface area (Å²) >= 11 is 0. The Bertz CT molecular complexity index is 613. The number of carbonyl (C=O) groups is 2. The average Bonchev–Trinajstić information content (AvgIpc) is 3.11. The van der Waals surface area contributed by atoms with Gasteiger partial charge in [-0.3, -0.25) is 4.79 Å². The highest BCUT2D eigenvalue weighted by molar-refractivity contribution is 5.79. The summed E-state index contributed by atoms with van der Waals surface area (Å²) in [6.45, 7) is 4.95. The van der Waals surface area contributed by atoms with Crippen molar-refractivity contribution in [2.45, 2.75) is 69.9 Å². The second kappa shape index (κ2) is 7.47. The molecule has 0 bridgehead atoms. The van der Waals surface area contributed by atoms with E-state index in [1.807, 2.05) is 0 Å². The third-order valence-electron chi connectivity index (χ3n) is 8.29. The molecule has 4 rings (SSSR count). The van der Waals surface area contributed by atoms with Crippen molar-refractivity contribution < 1.29 is 19.1 Å². The second-order valence-corrected chi connectivity index (χ2v) is 9.67. The normalized spacial score (nSPS) is 35.4. The monoisotopic (exact) mass is 395 g/mol. The molecule has 2 amide bonds. The number of alkyl halides is 1. The molecule has 3 atom stereocenters. The van der Waals surface area contributed by atoms with Crippen molar-refractivity contribution in [1.29, 1.82) is 0 Å². The van der Waals surface area contributed by atoms with E-state index >= 15 is 0 Å². The van der Waals surface area contributed by atoms with Gasteiger partial charge < -0.3 is 20.2 Å². The fraction of sp³-hybridized carbons (Fsp3) is 0.905. The first-order valence-corrected chi connectivity index (χ1v) is 11.0. The molecule has 2 aliphatic heterocycles. The summed E-state index contributed by atoms with van der Waals surface area (Å²) in [4.78, 5) is 28.0. The van der Waals surface area contributed by atoms with Crippen LogP contribution in [0.1, 0.15) is 58.3 Å². The zero-order valence-corrected chi connectivity index (χ0v) is 17.0. The molecular formula is C21H34FN3O3. The standard InChI is InChI=1S/C21H34FN3O3/c1-2-16-17(12-20(16)8-11-25(14-20)19(27)28)24-9-4-15(5-10-24)18(26)23-21(13-22)6-3-7-21/h15-17H,2-14H2,1H3,(H,23,26)(H,27,28)/t16?,17-,20-/m1/s1. The average molecular weight is 396 g/mol. The van der Waals surface area contributed by atoms with Gasteiger partial charge in [-0.2, -0.15) is 0 Å². The first-order valence-electron chi connectivity index (χ1n) is 11.0. The summed E-state index contributed by atoms with van der Waals surface area (Å²) in [5.41, 5.74) is -0.399. The summed E-state index contributed by atoms with van der Waals surface area (Å²) in [5, 5.41) is 12.3. The Balaban J connectivity index is 1.29. The Morgan fingerprint density at radius 2 is 1.89 bits per heavy atom. The summed E-state index contributed by atoms with van der Waals surface area (Å²) < 4.78 is 13.3. The molecule has 0 aromatic carbocycles. The molecule has 7 heteroatoms. The van der Waals surface area contributed by atoms with Crippen LogP contribution in [0.3, 0.4) is 0 Å². The fourth-order valence-electron chi connectivity index (χ4n) is 6.33. The molecule has 2 saturated heterocycles. The molecule has 2 heterocycles. The quantitative estimate of drug-likeness (QED) is 0.751. The lowest BCUT2D eigenvalue weighted by atomic mass is 9.54. The summed E-state index contributed by atoms with van der Waals surface area (Å²) in [7, 11) is 0. The van der Waals surface area contributed by atoms with Gasteiger partial charge in [0, 0.05) is 25.0 Å². The second-order valence-electron chi connectivity index (χ2n) is 9.67. The van der Waals surface area contributed by atoms with E-state index < -0.39 is 18.3 Å². The predicted octanol–water partition coefficient (Wildman–Crippen LogP) is 2.88. The number of likely N-dealkylation sites (tertiary alicyclic amines) is 2. The van der Waals surface area contributed by atoms with Crippen LogP contribution in [0.5, 0.6) is 0 Å². The molecule has 28 heavy (non-hydrogen) atoms. The molecule has 0 radical (unpaired) electrons. The maximum Gasteiger partial charge on any atom is 0.407 e. The molecule has 0 aromatic heterocycles. The smallest absolute Gasteiger partial charge is 0.407 e. The van der Waals surface area contributed by atoms with Gasteiger partial charge in [-0.05, 0) is 69.4 Å². The fourth-order valence-corrected chi connectivity index (χ4v) is 6.33. The number of halogens is 1. The minimum Gasteiger partial charge on any atom is -0.465 e. The Morgan fingerprint density at radius 3 is 2.39 bits per heavy atom. The molecule has 4 aliphatic rings. The van der Waals surface area contributed by atoms with Crippen molar-refractivity contribution in [2.24, 2.45) is 17.3 Å². The van der Waals surface area contributed by atoms with E-state index in [4.69, 9.17) is 0 Å². The van der Waals surface area contributed by atoms with Crippen molar-refractivity contribution in [2.75, 3.05) is 32.9 Å². The van der Waals surface area contributed by atoms with E-state index in [1.54, 1.807) is 4.90 Å². The van der Waals surface area contributed by atoms with E-state index in [-0.39, 0.29) is 17.2 Å². The van der Waals surface area contributed by atoms with Crippen molar-refractivity contribution in [1.82, 2.24) is 15.1 Å². The summed E-state index contributed by atoms with van der Waals surface area (Å²) in [6, 6.07) is 0.520. The SMILES string of the molecule is CCC1[C@H](N2CCC(C(=O)NC3(CF)CCC3)CC2)C[C@@]12CCN(C(=O)O)C2. The van der Waals surface area contributed by atoms with Gasteiger partial charge in [0.25, 0.3) is 0 Å². The van der Waals surface area contributed by atoms with Crippen LogP contribution in [0.25, 0.3) is 0 Å². The molecular weight excluding hydrogens is 361 g/mol. The van der Waals surface area contributed by atoms with Crippen LogP contribution in [0, 0.1) is 17.3 Å². The Labute approximate surface area is 166 Å². The van der Waals surface area contributed by atoms with E-state index in [1.165, 1.54) is 0 Å². The number of amides is 2. The molecule has 2 N–H and O–H groups in total. The first-order chi connectivity index (χ1) is 13.4. The molecule has 2 saturated carbocycles. The zero-order valence-electron chi connectivity index (χ0n) is 17.0. The van der Waals surface area contributed by atoms with Gasteiger partial charge >= 0.3 is 6.09 Å². The third-order valence-corrected chi connectivity index (χ3v) is 8.29. The molecule has 0 aromatic rings. The number of piperidine rings is 1. The van der Waals surface area contributed by atoms with Gasteiger partial charge in [-0.15, -0.1) is 0 Å². The summed E-state index contributed by atoms with van der Waals surface area (Å²) in [6.07, 6.45) is 6.58. The van der Waals surface area contributed by atoms with Crippen LogP contribution < -0.4 is 5.32 Å². The number of hydrogen-bond acceptors (Lipinski definition) is 3. The van der Waals surface area contributed by atoms with E-state index in [2.05, 4.69) is 17.1 Å². The minimum atomic E-state index is -0.792. The van der Waals surface area contributed by atoms with Crippen LogP contribution in [0.4, 0.5) is 9.18 Å². The van der Waals surface area contributed by atoms with Crippen LogP contribution in [-0.2, 0) is 4.79 Å². The summed E-state index contributed by atoms with van der Waals surface area (Å²) in [5.74, 6) is 0.595. The van der Waals surface area contributed by atoms with Crippen LogP contribution in [-0.4, -0.2) is 71.3 Å². The minimum absolute atomic E-state index is 0.00312. The van der Waals surface area contributed by atoms with Gasteiger partial charge in [-0.25, -0.2) is 9.18 Å². The maximum absolute atomic E-state index is 13.3. The van der Waals surface area contributed by atoms with Gasteiger partial charge in [0.1, 0.15) is 6.67 Å². The molecule has 158 valence electrons. The van der Waals surface area contributed by atoms with E-state index in [0.29, 0.717) is 25.0 Å². The highest BCUT2D eigenvalue weighted by Crippen LogP contribution is 2.56. The number of hydrogen-bond donors (Lipinski definition) is 2. The van der Waals surface area contributed by atoms with Crippen LogP contribution in [0.15, 0.2) is 0 Å². The van der Waals surface area contributed by atoms with Crippen LogP contribution >= 0.6 is 0 Å².